The molecule has 1 unspecified atom stereocenters. The Hall–Kier alpha value is -1.95. The summed E-state index contributed by atoms with van der Waals surface area (Å²) in [4.78, 5) is 14.2. The van der Waals surface area contributed by atoms with Crippen LogP contribution < -0.4 is 0 Å². The van der Waals surface area contributed by atoms with Crippen molar-refractivity contribution in [1.82, 2.24) is 9.55 Å². The lowest BCUT2D eigenvalue weighted by Gasteiger charge is -2.05. The first-order valence-corrected chi connectivity index (χ1v) is 4.85. The molecule has 2 aromatic rings. The van der Waals surface area contributed by atoms with Gasteiger partial charge in [-0.05, 0) is 13.0 Å². The summed E-state index contributed by atoms with van der Waals surface area (Å²) in [6.07, 6.45) is 1.09. The SMILES string of the molecule is CC(O)Cn1cnc2cc([N+](=O)[O-])ccc21. The fourth-order valence-electron chi connectivity index (χ4n) is 1.60. The fourth-order valence-corrected chi connectivity index (χ4v) is 1.60. The van der Waals surface area contributed by atoms with E-state index in [1.54, 1.807) is 23.9 Å². The van der Waals surface area contributed by atoms with Crippen molar-refractivity contribution in [2.24, 2.45) is 0 Å². The zero-order valence-electron chi connectivity index (χ0n) is 8.70. The molecule has 16 heavy (non-hydrogen) atoms. The summed E-state index contributed by atoms with van der Waals surface area (Å²) < 4.78 is 1.77. The molecule has 0 aliphatic heterocycles. The van der Waals surface area contributed by atoms with Crippen LogP contribution in [0.2, 0.25) is 0 Å². The molecule has 0 aliphatic rings. The van der Waals surface area contributed by atoms with E-state index in [1.807, 2.05) is 0 Å². The first kappa shape index (κ1) is 10.6. The molecule has 6 heteroatoms. The van der Waals surface area contributed by atoms with Crippen LogP contribution in [0.5, 0.6) is 0 Å². The lowest BCUT2D eigenvalue weighted by molar-refractivity contribution is -0.384. The Balaban J connectivity index is 2.46. The molecular weight excluding hydrogens is 210 g/mol. The molecular formula is C10H11N3O3. The maximum Gasteiger partial charge on any atom is 0.271 e. The largest absolute Gasteiger partial charge is 0.392 e. The number of non-ortho nitro benzene ring substituents is 1. The van der Waals surface area contributed by atoms with Crippen molar-refractivity contribution in [2.75, 3.05) is 0 Å². The highest BCUT2D eigenvalue weighted by Gasteiger charge is 2.10. The van der Waals surface area contributed by atoms with Crippen molar-refractivity contribution in [2.45, 2.75) is 19.6 Å². The van der Waals surface area contributed by atoms with Crippen molar-refractivity contribution in [1.29, 1.82) is 0 Å². The van der Waals surface area contributed by atoms with Gasteiger partial charge in [0.25, 0.3) is 5.69 Å². The quantitative estimate of drug-likeness (QED) is 0.626. The average Bonchev–Trinajstić information content (AvgIpc) is 2.60. The second kappa shape index (κ2) is 3.90. The molecule has 0 amide bonds. The number of fused-ring (bicyclic) bond motifs is 1. The Morgan fingerprint density at radius 3 is 3.00 bits per heavy atom. The third-order valence-electron chi connectivity index (χ3n) is 2.28. The average molecular weight is 221 g/mol. The number of aliphatic hydroxyl groups is 1. The van der Waals surface area contributed by atoms with Gasteiger partial charge < -0.3 is 9.67 Å². The standard InChI is InChI=1S/C10H11N3O3/c1-7(14)5-12-6-11-9-4-8(13(15)16)2-3-10(9)12/h2-4,6-7,14H,5H2,1H3. The predicted octanol–water partition coefficient (Wildman–Crippen LogP) is 1.33. The highest BCUT2D eigenvalue weighted by Crippen LogP contribution is 2.19. The Bertz CT molecular complexity index is 533. The third kappa shape index (κ3) is 1.87. The number of hydrogen-bond acceptors (Lipinski definition) is 4. The van der Waals surface area contributed by atoms with E-state index in [2.05, 4.69) is 4.98 Å². The van der Waals surface area contributed by atoms with Gasteiger partial charge in [0.15, 0.2) is 0 Å². The minimum atomic E-state index is -0.479. The van der Waals surface area contributed by atoms with Crippen LogP contribution in [0.15, 0.2) is 24.5 Å². The van der Waals surface area contributed by atoms with Gasteiger partial charge in [-0.1, -0.05) is 0 Å². The number of nitro benzene ring substituents is 1. The molecule has 1 N–H and O–H groups in total. The molecule has 0 saturated carbocycles. The highest BCUT2D eigenvalue weighted by molar-refractivity contribution is 5.77. The number of imidazole rings is 1. The smallest absolute Gasteiger partial charge is 0.271 e. The Morgan fingerprint density at radius 1 is 1.62 bits per heavy atom. The van der Waals surface area contributed by atoms with Gasteiger partial charge in [-0.25, -0.2) is 4.98 Å². The van der Waals surface area contributed by atoms with E-state index in [0.29, 0.717) is 12.1 Å². The summed E-state index contributed by atoms with van der Waals surface area (Å²) in [6, 6.07) is 4.50. The van der Waals surface area contributed by atoms with Crippen LogP contribution in [0.3, 0.4) is 0 Å². The highest BCUT2D eigenvalue weighted by atomic mass is 16.6. The Kier molecular flexibility index (Phi) is 2.57. The lowest BCUT2D eigenvalue weighted by Crippen LogP contribution is -2.10. The number of aliphatic hydroxyl groups excluding tert-OH is 1. The molecule has 0 fully saturated rings. The van der Waals surface area contributed by atoms with E-state index in [4.69, 9.17) is 0 Å². The second-order valence-electron chi connectivity index (χ2n) is 3.68. The van der Waals surface area contributed by atoms with E-state index in [9.17, 15) is 15.2 Å². The maximum absolute atomic E-state index is 10.6. The minimum Gasteiger partial charge on any atom is -0.392 e. The zero-order valence-corrected chi connectivity index (χ0v) is 8.70. The van der Waals surface area contributed by atoms with Gasteiger partial charge in [0.1, 0.15) is 0 Å². The van der Waals surface area contributed by atoms with Crippen LogP contribution in [-0.2, 0) is 6.54 Å². The van der Waals surface area contributed by atoms with Crippen molar-refractivity contribution in [3.8, 4) is 0 Å². The van der Waals surface area contributed by atoms with Gasteiger partial charge in [0.2, 0.25) is 0 Å². The molecule has 1 heterocycles. The molecule has 0 bridgehead atoms. The van der Waals surface area contributed by atoms with Crippen LogP contribution in [0.4, 0.5) is 5.69 Å². The van der Waals surface area contributed by atoms with Gasteiger partial charge in [0.05, 0.1) is 28.4 Å². The van der Waals surface area contributed by atoms with E-state index in [-0.39, 0.29) is 5.69 Å². The van der Waals surface area contributed by atoms with E-state index in [0.717, 1.165) is 5.52 Å². The molecule has 84 valence electrons. The van der Waals surface area contributed by atoms with Crippen LogP contribution >= 0.6 is 0 Å². The molecule has 0 radical (unpaired) electrons. The molecule has 1 aromatic carbocycles. The van der Waals surface area contributed by atoms with E-state index >= 15 is 0 Å². The summed E-state index contributed by atoms with van der Waals surface area (Å²) in [7, 11) is 0. The van der Waals surface area contributed by atoms with Crippen molar-refractivity contribution < 1.29 is 10.0 Å². The van der Waals surface area contributed by atoms with Crippen molar-refractivity contribution >= 4 is 16.7 Å². The van der Waals surface area contributed by atoms with Gasteiger partial charge in [-0.3, -0.25) is 10.1 Å². The van der Waals surface area contributed by atoms with Gasteiger partial charge >= 0.3 is 0 Å². The predicted molar refractivity (Wildman–Crippen MR) is 58.1 cm³/mol. The third-order valence-corrected chi connectivity index (χ3v) is 2.28. The van der Waals surface area contributed by atoms with Crippen LogP contribution in [0, 0.1) is 10.1 Å². The van der Waals surface area contributed by atoms with Gasteiger partial charge in [0, 0.05) is 18.7 Å². The molecule has 2 rings (SSSR count). The number of nitrogens with zero attached hydrogens (tertiary/aromatic N) is 3. The fraction of sp³-hybridized carbons (Fsp3) is 0.300. The molecule has 6 nitrogen and oxygen atoms in total. The monoisotopic (exact) mass is 221 g/mol. The zero-order chi connectivity index (χ0) is 11.7. The number of aromatic nitrogens is 2. The molecule has 0 saturated heterocycles. The van der Waals surface area contributed by atoms with E-state index < -0.39 is 11.0 Å². The Labute approximate surface area is 91.3 Å². The first-order valence-electron chi connectivity index (χ1n) is 4.85. The minimum absolute atomic E-state index is 0.0230. The summed E-state index contributed by atoms with van der Waals surface area (Å²) >= 11 is 0. The van der Waals surface area contributed by atoms with Crippen LogP contribution in [0.1, 0.15) is 6.92 Å². The van der Waals surface area contributed by atoms with Gasteiger partial charge in [-0.15, -0.1) is 0 Å². The number of benzene rings is 1. The summed E-state index contributed by atoms with van der Waals surface area (Å²) in [6.45, 7) is 2.10. The molecule has 0 spiro atoms. The van der Waals surface area contributed by atoms with Crippen LogP contribution in [0.25, 0.3) is 11.0 Å². The second-order valence-corrected chi connectivity index (χ2v) is 3.68. The number of rotatable bonds is 3. The topological polar surface area (TPSA) is 81.2 Å². The lowest BCUT2D eigenvalue weighted by atomic mass is 10.2. The first-order chi connectivity index (χ1) is 7.58. The molecule has 1 aromatic heterocycles. The summed E-state index contributed by atoms with van der Waals surface area (Å²) in [5, 5.41) is 19.8. The van der Waals surface area contributed by atoms with E-state index in [1.165, 1.54) is 12.1 Å². The Morgan fingerprint density at radius 2 is 2.38 bits per heavy atom. The molecule has 0 aliphatic carbocycles. The van der Waals surface area contributed by atoms with Crippen LogP contribution in [-0.4, -0.2) is 25.7 Å². The number of hydrogen-bond donors (Lipinski definition) is 1. The summed E-state index contributed by atoms with van der Waals surface area (Å²) in [5.41, 5.74) is 1.37. The molecule has 1 atom stereocenters. The normalized spacial score (nSPS) is 12.9. The number of nitro groups is 1. The summed E-state index contributed by atoms with van der Waals surface area (Å²) in [5.74, 6) is 0. The maximum atomic E-state index is 10.6. The van der Waals surface area contributed by atoms with Crippen molar-refractivity contribution in [3.63, 3.8) is 0 Å². The van der Waals surface area contributed by atoms with Crippen molar-refractivity contribution in [3.05, 3.63) is 34.6 Å². The van der Waals surface area contributed by atoms with Gasteiger partial charge in [-0.2, -0.15) is 0 Å².